The van der Waals surface area contributed by atoms with Gasteiger partial charge in [0.05, 0.1) is 12.4 Å². The molecule has 0 spiro atoms. The number of hydrogen-bond donors (Lipinski definition) is 0. The van der Waals surface area contributed by atoms with Gasteiger partial charge in [0.2, 0.25) is 0 Å². The van der Waals surface area contributed by atoms with Crippen LogP contribution in [0.1, 0.15) is 57.3 Å². The van der Waals surface area contributed by atoms with Crippen LogP contribution in [0.3, 0.4) is 0 Å². The lowest BCUT2D eigenvalue weighted by Crippen LogP contribution is -2.27. The molecular formula is C21H30N6O4S2. The Balaban J connectivity index is 0.00000149. The third kappa shape index (κ3) is 5.98. The summed E-state index contributed by atoms with van der Waals surface area (Å²) < 4.78 is 33.2. The second kappa shape index (κ2) is 11.2. The van der Waals surface area contributed by atoms with Crippen LogP contribution >= 0.6 is 11.8 Å². The largest absolute Gasteiger partial charge is 0.377 e. The Hall–Kier alpha value is -2.31. The molecule has 3 heterocycles. The Kier molecular flexibility index (Phi) is 8.60. The van der Waals surface area contributed by atoms with Crippen molar-refractivity contribution in [1.82, 2.24) is 28.7 Å². The molecule has 0 bridgehead atoms. The number of nitrogens with zero attached hydrogens (tertiary/aromatic N) is 6. The molecule has 3 aromatic heterocycles. The van der Waals surface area contributed by atoms with Gasteiger partial charge in [-0.1, -0.05) is 25.6 Å². The number of rotatable bonds is 10. The van der Waals surface area contributed by atoms with Crippen molar-refractivity contribution in [1.29, 1.82) is 0 Å². The number of aromatic nitrogens is 6. The maximum atomic E-state index is 13.0. The van der Waals surface area contributed by atoms with Gasteiger partial charge in [0.1, 0.15) is 12.0 Å². The Morgan fingerprint density at radius 1 is 1.24 bits per heavy atom. The maximum absolute atomic E-state index is 13.0. The van der Waals surface area contributed by atoms with E-state index in [0.29, 0.717) is 34.2 Å². The van der Waals surface area contributed by atoms with Gasteiger partial charge < -0.3 is 4.74 Å². The fourth-order valence-corrected chi connectivity index (χ4v) is 4.66. The van der Waals surface area contributed by atoms with Crippen LogP contribution in [0.15, 0.2) is 28.5 Å². The fourth-order valence-electron chi connectivity index (χ4n) is 3.25. The molecule has 12 heteroatoms. The number of fused-ring (bicyclic) bond motifs is 1. The summed E-state index contributed by atoms with van der Waals surface area (Å²) in [4.78, 5) is 25.9. The van der Waals surface area contributed by atoms with Crippen molar-refractivity contribution in [3.63, 3.8) is 0 Å². The van der Waals surface area contributed by atoms with Gasteiger partial charge in [-0.15, -0.1) is 9.19 Å². The van der Waals surface area contributed by atoms with Crippen LogP contribution in [0.5, 0.6) is 0 Å². The van der Waals surface area contributed by atoms with E-state index in [2.05, 4.69) is 20.1 Å². The molecule has 1 aliphatic carbocycles. The minimum absolute atomic E-state index is 0.162. The highest BCUT2D eigenvalue weighted by Gasteiger charge is 2.29. The highest BCUT2D eigenvalue weighted by atomic mass is 32.2. The molecule has 33 heavy (non-hydrogen) atoms. The molecule has 180 valence electrons. The molecular weight excluding hydrogens is 464 g/mol. The predicted molar refractivity (Wildman–Crippen MR) is 128 cm³/mol. The van der Waals surface area contributed by atoms with Gasteiger partial charge in [0.15, 0.2) is 11.0 Å². The molecule has 0 saturated heterocycles. The zero-order valence-electron chi connectivity index (χ0n) is 19.4. The number of pyridine rings is 1. The molecule has 1 saturated carbocycles. The molecule has 0 unspecified atom stereocenters. The number of hydrogen-bond acceptors (Lipinski definition) is 9. The predicted octanol–water partition coefficient (Wildman–Crippen LogP) is 2.81. The molecule has 1 aliphatic rings. The van der Waals surface area contributed by atoms with E-state index < -0.39 is 10.0 Å². The van der Waals surface area contributed by atoms with E-state index in [1.165, 1.54) is 22.7 Å². The second-order valence-corrected chi connectivity index (χ2v) is 10.0. The van der Waals surface area contributed by atoms with E-state index in [1.54, 1.807) is 12.3 Å². The van der Waals surface area contributed by atoms with Gasteiger partial charge in [-0.25, -0.2) is 23.4 Å². The third-order valence-corrected chi connectivity index (χ3v) is 7.14. The molecule has 1 fully saturated rings. The molecule has 3 aromatic rings. The van der Waals surface area contributed by atoms with Crippen LogP contribution in [0.4, 0.5) is 0 Å². The van der Waals surface area contributed by atoms with Gasteiger partial charge in [-0.3, -0.25) is 9.36 Å². The molecule has 0 amide bonds. The summed E-state index contributed by atoms with van der Waals surface area (Å²) in [5, 5.41) is 5.37. The first kappa shape index (κ1) is 25.3. The van der Waals surface area contributed by atoms with Gasteiger partial charge in [-0.2, -0.15) is 0 Å². The van der Waals surface area contributed by atoms with Crippen LogP contribution in [0.2, 0.25) is 0 Å². The van der Waals surface area contributed by atoms with Crippen molar-refractivity contribution in [2.75, 3.05) is 18.6 Å². The normalized spacial score (nSPS) is 13.7. The SMILES string of the molecule is CC.CCOCc1cc2cnc(SC)nc2n(CCCS(=O)(=O)n2cnc(C3CC3)n2)c1=O. The quantitative estimate of drug-likeness (QED) is 0.309. The maximum Gasteiger partial charge on any atom is 0.257 e. The standard InChI is InChI=1S/C19H24N6O4S2.C2H6/c1-3-29-11-15-9-14-10-20-19(30-2)22-17(14)24(18(15)26)7-4-8-31(27,28)25-12-21-16(23-25)13-5-6-13;1-2/h9-10,12-13H,3-8,11H2,1-2H3;1-2H3. The Morgan fingerprint density at radius 3 is 2.67 bits per heavy atom. The topological polar surface area (TPSA) is 122 Å². The monoisotopic (exact) mass is 494 g/mol. The van der Waals surface area contributed by atoms with E-state index >= 15 is 0 Å². The van der Waals surface area contributed by atoms with Gasteiger partial charge in [0, 0.05) is 36.2 Å². The van der Waals surface area contributed by atoms with Crippen molar-refractivity contribution in [2.24, 2.45) is 0 Å². The van der Waals surface area contributed by atoms with E-state index in [-0.39, 0.29) is 36.8 Å². The highest BCUT2D eigenvalue weighted by Crippen LogP contribution is 2.37. The van der Waals surface area contributed by atoms with Crippen molar-refractivity contribution in [3.05, 3.63) is 40.3 Å². The van der Waals surface area contributed by atoms with E-state index in [4.69, 9.17) is 4.74 Å². The smallest absolute Gasteiger partial charge is 0.257 e. The lowest BCUT2D eigenvalue weighted by molar-refractivity contribution is 0.133. The molecule has 4 rings (SSSR count). The minimum Gasteiger partial charge on any atom is -0.377 e. The van der Waals surface area contributed by atoms with Crippen molar-refractivity contribution in [2.45, 2.75) is 64.3 Å². The second-order valence-electron chi connectivity index (χ2n) is 7.32. The Bertz CT molecular complexity index is 1250. The van der Waals surface area contributed by atoms with Crippen molar-refractivity contribution >= 4 is 32.8 Å². The number of ether oxygens (including phenoxy) is 1. The molecule has 0 N–H and O–H groups in total. The van der Waals surface area contributed by atoms with Crippen LogP contribution < -0.4 is 5.56 Å². The summed E-state index contributed by atoms with van der Waals surface area (Å²) >= 11 is 1.37. The zero-order chi connectivity index (χ0) is 24.0. The van der Waals surface area contributed by atoms with Gasteiger partial charge in [0.25, 0.3) is 15.6 Å². The Morgan fingerprint density at radius 2 is 2.00 bits per heavy atom. The summed E-state index contributed by atoms with van der Waals surface area (Å²) in [7, 11) is -3.65. The fraction of sp³-hybridized carbons (Fsp3) is 0.571. The van der Waals surface area contributed by atoms with Crippen molar-refractivity contribution < 1.29 is 13.2 Å². The van der Waals surface area contributed by atoms with E-state index in [0.717, 1.165) is 16.9 Å². The molecule has 0 aliphatic heterocycles. The zero-order valence-corrected chi connectivity index (χ0v) is 21.0. The van der Waals surface area contributed by atoms with Crippen LogP contribution in [0, 0.1) is 0 Å². The van der Waals surface area contributed by atoms with Crippen LogP contribution in [-0.2, 0) is 27.9 Å². The van der Waals surface area contributed by atoms with Crippen LogP contribution in [0.25, 0.3) is 11.0 Å². The van der Waals surface area contributed by atoms with Gasteiger partial charge >= 0.3 is 0 Å². The average molecular weight is 495 g/mol. The third-order valence-electron chi connectivity index (χ3n) is 5.02. The molecule has 10 nitrogen and oxygen atoms in total. The van der Waals surface area contributed by atoms with Gasteiger partial charge in [-0.05, 0) is 38.5 Å². The minimum atomic E-state index is -3.65. The summed E-state index contributed by atoms with van der Waals surface area (Å²) in [5.41, 5.74) is 0.739. The van der Waals surface area contributed by atoms with Crippen LogP contribution in [-0.4, -0.2) is 55.7 Å². The molecule has 0 aromatic carbocycles. The summed E-state index contributed by atoms with van der Waals surface area (Å²) in [5.74, 6) is 0.695. The lowest BCUT2D eigenvalue weighted by Gasteiger charge is -2.13. The Labute approximate surface area is 197 Å². The van der Waals surface area contributed by atoms with Crippen molar-refractivity contribution in [3.8, 4) is 0 Å². The first-order valence-electron chi connectivity index (χ1n) is 11.1. The van der Waals surface area contributed by atoms with E-state index in [1.807, 2.05) is 27.0 Å². The first-order valence-corrected chi connectivity index (χ1v) is 13.9. The van der Waals surface area contributed by atoms with E-state index in [9.17, 15) is 13.2 Å². The number of aryl methyl sites for hydroxylation is 1. The summed E-state index contributed by atoms with van der Waals surface area (Å²) in [6, 6.07) is 1.74. The molecule has 0 radical (unpaired) electrons. The lowest BCUT2D eigenvalue weighted by atomic mass is 10.2. The summed E-state index contributed by atoms with van der Waals surface area (Å²) in [6.07, 6.45) is 7.01. The molecule has 0 atom stereocenters. The number of thioether (sulfide) groups is 1. The average Bonchev–Trinajstić information content (AvgIpc) is 3.55. The first-order chi connectivity index (χ1) is 15.9. The summed E-state index contributed by atoms with van der Waals surface area (Å²) in [6.45, 7) is 6.72. The highest BCUT2D eigenvalue weighted by molar-refractivity contribution is 7.98.